The van der Waals surface area contributed by atoms with Crippen molar-refractivity contribution in [1.82, 2.24) is 15.1 Å². The van der Waals surface area contributed by atoms with E-state index in [1.165, 1.54) is 71.4 Å². The largest absolute Gasteiger partial charge is 0.316 e. The summed E-state index contributed by atoms with van der Waals surface area (Å²) in [5, 5.41) is 3.42. The molecule has 1 N–H and O–H groups in total. The highest BCUT2D eigenvalue weighted by atomic mass is 15.2. The summed E-state index contributed by atoms with van der Waals surface area (Å²) in [6, 6.07) is 0.732. The third-order valence-corrected chi connectivity index (χ3v) is 4.09. The summed E-state index contributed by atoms with van der Waals surface area (Å²) < 4.78 is 0. The maximum atomic E-state index is 3.42. The number of likely N-dealkylation sites (tertiary alicyclic amines) is 2. The van der Waals surface area contributed by atoms with Crippen LogP contribution in [0.4, 0.5) is 0 Å². The van der Waals surface area contributed by atoms with Crippen LogP contribution >= 0.6 is 0 Å². The van der Waals surface area contributed by atoms with Crippen LogP contribution in [0.15, 0.2) is 0 Å². The molecule has 2 saturated heterocycles. The zero-order valence-electron chi connectivity index (χ0n) is 10.7. The van der Waals surface area contributed by atoms with Crippen molar-refractivity contribution in [2.45, 2.75) is 38.1 Å². The lowest BCUT2D eigenvalue weighted by Crippen LogP contribution is -2.47. The monoisotopic (exact) mass is 225 g/mol. The average Bonchev–Trinajstić information content (AvgIpc) is 2.38. The van der Waals surface area contributed by atoms with Gasteiger partial charge in [-0.15, -0.1) is 0 Å². The van der Waals surface area contributed by atoms with Crippen LogP contribution in [-0.4, -0.2) is 62.2 Å². The fraction of sp³-hybridized carbons (Fsp3) is 1.00. The molecular formula is C13H27N3. The van der Waals surface area contributed by atoms with Gasteiger partial charge in [-0.05, 0) is 52.4 Å². The minimum absolute atomic E-state index is 0.732. The van der Waals surface area contributed by atoms with Crippen LogP contribution in [0.5, 0.6) is 0 Å². The molecule has 2 rings (SSSR count). The van der Waals surface area contributed by atoms with Crippen LogP contribution in [-0.2, 0) is 0 Å². The molecule has 0 bridgehead atoms. The first-order valence-corrected chi connectivity index (χ1v) is 7.00. The second kappa shape index (κ2) is 6.58. The zero-order chi connectivity index (χ0) is 11.2. The van der Waals surface area contributed by atoms with Gasteiger partial charge in [0.15, 0.2) is 0 Å². The molecule has 2 aliphatic heterocycles. The first-order valence-electron chi connectivity index (χ1n) is 7.00. The van der Waals surface area contributed by atoms with E-state index in [1.54, 1.807) is 0 Å². The molecule has 0 aromatic rings. The number of hydrogen-bond donors (Lipinski definition) is 1. The standard InChI is InChI=1S/C13H27N3/c1-14-13-6-5-9-16(12-13)11-10-15-7-3-2-4-8-15/h13-14H,2-12H2,1H3. The molecule has 0 amide bonds. The highest BCUT2D eigenvalue weighted by molar-refractivity contribution is 4.77. The van der Waals surface area contributed by atoms with Gasteiger partial charge >= 0.3 is 0 Å². The predicted octanol–water partition coefficient (Wildman–Crippen LogP) is 1.16. The fourth-order valence-electron chi connectivity index (χ4n) is 2.96. The van der Waals surface area contributed by atoms with Crippen molar-refractivity contribution in [3.63, 3.8) is 0 Å². The number of nitrogens with zero attached hydrogens (tertiary/aromatic N) is 2. The van der Waals surface area contributed by atoms with Crippen LogP contribution in [0.1, 0.15) is 32.1 Å². The van der Waals surface area contributed by atoms with Crippen LogP contribution in [0.25, 0.3) is 0 Å². The molecule has 0 radical (unpaired) electrons. The third-order valence-electron chi connectivity index (χ3n) is 4.09. The number of likely N-dealkylation sites (N-methyl/N-ethyl adjacent to an activating group) is 1. The molecule has 0 saturated carbocycles. The average molecular weight is 225 g/mol. The second-order valence-corrected chi connectivity index (χ2v) is 5.33. The molecule has 3 heteroatoms. The highest BCUT2D eigenvalue weighted by Gasteiger charge is 2.19. The molecule has 2 fully saturated rings. The Balaban J connectivity index is 1.64. The molecule has 16 heavy (non-hydrogen) atoms. The van der Waals surface area contributed by atoms with E-state index in [1.807, 2.05) is 0 Å². The van der Waals surface area contributed by atoms with E-state index in [9.17, 15) is 0 Å². The molecule has 1 atom stereocenters. The normalized spacial score (nSPS) is 29.4. The van der Waals surface area contributed by atoms with E-state index < -0.39 is 0 Å². The number of nitrogens with one attached hydrogen (secondary N) is 1. The van der Waals surface area contributed by atoms with E-state index in [-0.39, 0.29) is 0 Å². The quantitative estimate of drug-likeness (QED) is 0.774. The lowest BCUT2D eigenvalue weighted by atomic mass is 10.1. The smallest absolute Gasteiger partial charge is 0.0192 e. The number of hydrogen-bond acceptors (Lipinski definition) is 3. The van der Waals surface area contributed by atoms with Gasteiger partial charge in [0, 0.05) is 25.7 Å². The van der Waals surface area contributed by atoms with Crippen molar-refractivity contribution in [2.24, 2.45) is 0 Å². The van der Waals surface area contributed by atoms with Gasteiger partial charge in [-0.25, -0.2) is 0 Å². The predicted molar refractivity (Wildman–Crippen MR) is 68.8 cm³/mol. The second-order valence-electron chi connectivity index (χ2n) is 5.33. The van der Waals surface area contributed by atoms with Crippen molar-refractivity contribution < 1.29 is 0 Å². The molecule has 2 heterocycles. The molecule has 0 aromatic carbocycles. The topological polar surface area (TPSA) is 18.5 Å². The minimum Gasteiger partial charge on any atom is -0.316 e. The van der Waals surface area contributed by atoms with E-state index in [4.69, 9.17) is 0 Å². The van der Waals surface area contributed by atoms with Gasteiger partial charge in [0.25, 0.3) is 0 Å². The van der Waals surface area contributed by atoms with Gasteiger partial charge in [-0.2, -0.15) is 0 Å². The Hall–Kier alpha value is -0.120. The Morgan fingerprint density at radius 3 is 2.38 bits per heavy atom. The van der Waals surface area contributed by atoms with Crippen LogP contribution in [0, 0.1) is 0 Å². The molecule has 3 nitrogen and oxygen atoms in total. The summed E-state index contributed by atoms with van der Waals surface area (Å²) in [5.74, 6) is 0. The van der Waals surface area contributed by atoms with Crippen LogP contribution in [0.2, 0.25) is 0 Å². The third kappa shape index (κ3) is 3.72. The van der Waals surface area contributed by atoms with Gasteiger partial charge in [-0.3, -0.25) is 0 Å². The van der Waals surface area contributed by atoms with E-state index in [0.717, 1.165) is 6.04 Å². The number of piperidine rings is 2. The molecule has 94 valence electrons. The summed E-state index contributed by atoms with van der Waals surface area (Å²) >= 11 is 0. The van der Waals surface area contributed by atoms with Crippen LogP contribution < -0.4 is 5.32 Å². The first kappa shape index (κ1) is 12.3. The Morgan fingerprint density at radius 1 is 0.938 bits per heavy atom. The van der Waals surface area contributed by atoms with Gasteiger partial charge in [0.2, 0.25) is 0 Å². The summed E-state index contributed by atoms with van der Waals surface area (Å²) in [6.07, 6.45) is 7.00. The van der Waals surface area contributed by atoms with Crippen molar-refractivity contribution in [1.29, 1.82) is 0 Å². The maximum Gasteiger partial charge on any atom is 0.0192 e. The lowest BCUT2D eigenvalue weighted by molar-refractivity contribution is 0.151. The minimum atomic E-state index is 0.732. The van der Waals surface area contributed by atoms with Crippen molar-refractivity contribution in [3.8, 4) is 0 Å². The lowest BCUT2D eigenvalue weighted by Gasteiger charge is -2.35. The number of rotatable bonds is 4. The molecule has 0 spiro atoms. The molecule has 1 unspecified atom stereocenters. The maximum absolute atomic E-state index is 3.42. The van der Waals surface area contributed by atoms with E-state index in [0.29, 0.717) is 0 Å². The Bertz CT molecular complexity index is 190. The Labute approximate surface area is 100 Å². The molecule has 0 aromatic heterocycles. The fourth-order valence-corrected chi connectivity index (χ4v) is 2.96. The van der Waals surface area contributed by atoms with Crippen molar-refractivity contribution >= 4 is 0 Å². The Kier molecular flexibility index (Phi) is 5.07. The van der Waals surface area contributed by atoms with E-state index >= 15 is 0 Å². The SMILES string of the molecule is CNC1CCCN(CCN2CCCCC2)C1. The summed E-state index contributed by atoms with van der Waals surface area (Å²) in [6.45, 7) is 7.80. The Morgan fingerprint density at radius 2 is 1.62 bits per heavy atom. The highest BCUT2D eigenvalue weighted by Crippen LogP contribution is 2.11. The molecule has 2 aliphatic rings. The van der Waals surface area contributed by atoms with Gasteiger partial charge < -0.3 is 15.1 Å². The zero-order valence-corrected chi connectivity index (χ0v) is 10.7. The van der Waals surface area contributed by atoms with Gasteiger partial charge in [0.05, 0.1) is 0 Å². The van der Waals surface area contributed by atoms with Crippen molar-refractivity contribution in [3.05, 3.63) is 0 Å². The summed E-state index contributed by atoms with van der Waals surface area (Å²) in [4.78, 5) is 5.28. The van der Waals surface area contributed by atoms with E-state index in [2.05, 4.69) is 22.2 Å². The first-order chi connectivity index (χ1) is 7.88. The van der Waals surface area contributed by atoms with Gasteiger partial charge in [0.1, 0.15) is 0 Å². The summed E-state index contributed by atoms with van der Waals surface area (Å²) in [7, 11) is 2.10. The molecular weight excluding hydrogens is 198 g/mol. The summed E-state index contributed by atoms with van der Waals surface area (Å²) in [5.41, 5.74) is 0. The molecule has 0 aliphatic carbocycles. The van der Waals surface area contributed by atoms with Crippen LogP contribution in [0.3, 0.4) is 0 Å². The van der Waals surface area contributed by atoms with Crippen molar-refractivity contribution in [2.75, 3.05) is 46.3 Å². The van der Waals surface area contributed by atoms with Gasteiger partial charge in [-0.1, -0.05) is 6.42 Å².